The first-order chi connectivity index (χ1) is 7.74. The average molecular weight is 268 g/mol. The normalized spacial score (nSPS) is 24.7. The molecule has 0 bridgehead atoms. The number of ether oxygens (including phenoxy) is 1. The summed E-state index contributed by atoms with van der Waals surface area (Å²) in [7, 11) is 0. The molecule has 1 heterocycles. The van der Waals surface area contributed by atoms with Gasteiger partial charge in [-0.1, -0.05) is 6.92 Å². The molecular weight excluding hydrogens is 249 g/mol. The maximum Gasteiger partial charge on any atom is 0.228 e. The van der Waals surface area contributed by atoms with Gasteiger partial charge in [0.2, 0.25) is 5.91 Å². The van der Waals surface area contributed by atoms with Gasteiger partial charge in [0, 0.05) is 31.5 Å². The molecule has 0 aromatic carbocycles. The highest BCUT2D eigenvalue weighted by Crippen LogP contribution is 2.25. The molecule has 16 heavy (non-hydrogen) atoms. The minimum Gasteiger partial charge on any atom is -0.377 e. The molecule has 1 fully saturated rings. The van der Waals surface area contributed by atoms with Crippen molar-refractivity contribution < 1.29 is 9.53 Å². The zero-order valence-electron chi connectivity index (χ0n) is 9.62. The lowest BCUT2D eigenvalue weighted by atomic mass is 9.98. The van der Waals surface area contributed by atoms with Crippen molar-refractivity contribution in [1.29, 1.82) is 0 Å². The van der Waals surface area contributed by atoms with E-state index in [4.69, 9.17) is 27.9 Å². The van der Waals surface area contributed by atoms with E-state index in [0.29, 0.717) is 31.5 Å². The van der Waals surface area contributed by atoms with Crippen LogP contribution in [0.1, 0.15) is 19.8 Å². The predicted octanol–water partition coefficient (Wildman–Crippen LogP) is 2.11. The Balaban J connectivity index is 2.58. The van der Waals surface area contributed by atoms with E-state index in [-0.39, 0.29) is 17.9 Å². The van der Waals surface area contributed by atoms with Gasteiger partial charge in [0.15, 0.2) is 0 Å². The van der Waals surface area contributed by atoms with Gasteiger partial charge in [-0.25, -0.2) is 0 Å². The van der Waals surface area contributed by atoms with E-state index in [2.05, 4.69) is 0 Å². The van der Waals surface area contributed by atoms with Crippen molar-refractivity contribution in [2.45, 2.75) is 25.9 Å². The maximum absolute atomic E-state index is 12.2. The molecule has 3 nitrogen and oxygen atoms in total. The molecule has 2 unspecified atom stereocenters. The molecule has 1 amide bonds. The molecule has 0 radical (unpaired) electrons. The summed E-state index contributed by atoms with van der Waals surface area (Å²) in [6.45, 7) is 3.87. The molecule has 1 saturated heterocycles. The van der Waals surface area contributed by atoms with Crippen molar-refractivity contribution in [3.8, 4) is 0 Å². The van der Waals surface area contributed by atoms with Crippen LogP contribution in [0.4, 0.5) is 0 Å². The summed E-state index contributed by atoms with van der Waals surface area (Å²) in [5, 5.41) is 0. The first-order valence-corrected chi connectivity index (χ1v) is 6.83. The Bertz CT molecular complexity index is 220. The first kappa shape index (κ1) is 14.1. The van der Waals surface area contributed by atoms with Gasteiger partial charge in [0.25, 0.3) is 0 Å². The summed E-state index contributed by atoms with van der Waals surface area (Å²) in [5.41, 5.74) is 0. The Morgan fingerprint density at radius 2 is 2.00 bits per heavy atom. The molecule has 0 aromatic heterocycles. The highest BCUT2D eigenvalue weighted by Gasteiger charge is 2.35. The minimum absolute atomic E-state index is 0.00330. The Morgan fingerprint density at radius 3 is 2.50 bits per heavy atom. The van der Waals surface area contributed by atoms with Gasteiger partial charge in [-0.05, 0) is 12.8 Å². The molecule has 1 aliphatic heterocycles. The van der Waals surface area contributed by atoms with Crippen LogP contribution in [0.3, 0.4) is 0 Å². The summed E-state index contributed by atoms with van der Waals surface area (Å²) in [6, 6.07) is 0. The molecule has 1 aliphatic rings. The zero-order valence-corrected chi connectivity index (χ0v) is 11.1. The summed E-state index contributed by atoms with van der Waals surface area (Å²) >= 11 is 11.4. The van der Waals surface area contributed by atoms with Gasteiger partial charge in [-0.15, -0.1) is 23.2 Å². The number of hydrogen-bond acceptors (Lipinski definition) is 2. The van der Waals surface area contributed by atoms with E-state index in [9.17, 15) is 4.79 Å². The fourth-order valence-electron chi connectivity index (χ4n) is 2.10. The van der Waals surface area contributed by atoms with E-state index < -0.39 is 0 Å². The predicted molar refractivity (Wildman–Crippen MR) is 66.2 cm³/mol. The van der Waals surface area contributed by atoms with Crippen LogP contribution in [0.15, 0.2) is 0 Å². The van der Waals surface area contributed by atoms with Crippen molar-refractivity contribution in [3.05, 3.63) is 0 Å². The van der Waals surface area contributed by atoms with Crippen LogP contribution in [-0.2, 0) is 9.53 Å². The molecular formula is C11H19Cl2NO2. The molecule has 94 valence electrons. The topological polar surface area (TPSA) is 29.5 Å². The lowest BCUT2D eigenvalue weighted by Gasteiger charge is -2.26. The van der Waals surface area contributed by atoms with Crippen molar-refractivity contribution in [3.63, 3.8) is 0 Å². The molecule has 1 rings (SSSR count). The highest BCUT2D eigenvalue weighted by atomic mass is 35.5. The molecule has 5 heteroatoms. The SMILES string of the molecule is CCC1OCCC1C(=O)N(CCCl)CCCl. The largest absolute Gasteiger partial charge is 0.377 e. The van der Waals surface area contributed by atoms with E-state index >= 15 is 0 Å². The van der Waals surface area contributed by atoms with E-state index in [0.717, 1.165) is 12.8 Å². The lowest BCUT2D eigenvalue weighted by Crippen LogP contribution is -2.41. The van der Waals surface area contributed by atoms with Crippen LogP contribution < -0.4 is 0 Å². The van der Waals surface area contributed by atoms with Crippen LogP contribution in [0, 0.1) is 5.92 Å². The molecule has 2 atom stereocenters. The number of amides is 1. The van der Waals surface area contributed by atoms with E-state index in [1.165, 1.54) is 0 Å². The summed E-state index contributed by atoms with van der Waals surface area (Å²) in [6.07, 6.45) is 1.77. The monoisotopic (exact) mass is 267 g/mol. The quantitative estimate of drug-likeness (QED) is 0.690. The Labute approximate surface area is 107 Å². The number of halogens is 2. The van der Waals surface area contributed by atoms with Gasteiger partial charge in [0.05, 0.1) is 12.0 Å². The fourth-order valence-corrected chi connectivity index (χ4v) is 2.51. The number of hydrogen-bond donors (Lipinski definition) is 0. The van der Waals surface area contributed by atoms with Crippen molar-refractivity contribution in [2.75, 3.05) is 31.5 Å². The smallest absolute Gasteiger partial charge is 0.228 e. The van der Waals surface area contributed by atoms with E-state index in [1.807, 2.05) is 6.92 Å². The summed E-state index contributed by atoms with van der Waals surface area (Å²) < 4.78 is 5.53. The Morgan fingerprint density at radius 1 is 1.38 bits per heavy atom. The number of rotatable bonds is 6. The zero-order chi connectivity index (χ0) is 12.0. The third-order valence-corrected chi connectivity index (χ3v) is 3.29. The summed E-state index contributed by atoms with van der Waals surface area (Å²) in [4.78, 5) is 14.0. The van der Waals surface area contributed by atoms with Gasteiger partial charge in [-0.2, -0.15) is 0 Å². The summed E-state index contributed by atoms with van der Waals surface area (Å²) in [5.74, 6) is 1.04. The van der Waals surface area contributed by atoms with Gasteiger partial charge in [-0.3, -0.25) is 4.79 Å². The van der Waals surface area contributed by atoms with Gasteiger partial charge < -0.3 is 9.64 Å². The van der Waals surface area contributed by atoms with Crippen LogP contribution in [-0.4, -0.2) is 48.4 Å². The van der Waals surface area contributed by atoms with Crippen LogP contribution in [0.2, 0.25) is 0 Å². The van der Waals surface area contributed by atoms with Crippen molar-refractivity contribution in [1.82, 2.24) is 4.90 Å². The molecule has 0 N–H and O–H groups in total. The minimum atomic E-state index is -0.00330. The third-order valence-electron chi connectivity index (χ3n) is 2.95. The highest BCUT2D eigenvalue weighted by molar-refractivity contribution is 6.18. The van der Waals surface area contributed by atoms with Gasteiger partial charge >= 0.3 is 0 Å². The number of alkyl halides is 2. The van der Waals surface area contributed by atoms with Crippen LogP contribution in [0.25, 0.3) is 0 Å². The van der Waals surface area contributed by atoms with Crippen molar-refractivity contribution >= 4 is 29.1 Å². The van der Waals surface area contributed by atoms with Gasteiger partial charge in [0.1, 0.15) is 0 Å². The molecule has 0 saturated carbocycles. The molecule has 0 aliphatic carbocycles. The number of carbonyl (C=O) groups is 1. The second-order valence-electron chi connectivity index (χ2n) is 3.92. The average Bonchev–Trinajstić information content (AvgIpc) is 2.75. The molecule has 0 spiro atoms. The van der Waals surface area contributed by atoms with E-state index in [1.54, 1.807) is 4.90 Å². The fraction of sp³-hybridized carbons (Fsp3) is 0.909. The Hall–Kier alpha value is 0.01000. The van der Waals surface area contributed by atoms with Crippen molar-refractivity contribution in [2.24, 2.45) is 5.92 Å². The third kappa shape index (κ3) is 3.51. The Kier molecular flexibility index (Phi) is 6.47. The second kappa shape index (κ2) is 7.36. The maximum atomic E-state index is 12.2. The second-order valence-corrected chi connectivity index (χ2v) is 4.67. The first-order valence-electron chi connectivity index (χ1n) is 5.76. The number of carbonyl (C=O) groups excluding carboxylic acids is 1. The number of nitrogens with zero attached hydrogens (tertiary/aromatic N) is 1. The van der Waals surface area contributed by atoms with Crippen LogP contribution >= 0.6 is 23.2 Å². The van der Waals surface area contributed by atoms with Crippen LogP contribution in [0.5, 0.6) is 0 Å². The lowest BCUT2D eigenvalue weighted by molar-refractivity contribution is -0.136. The molecule has 0 aromatic rings. The standard InChI is InChI=1S/C11H19Cl2NO2/c1-2-10-9(3-8-16-10)11(15)14(6-4-12)7-5-13/h9-10H,2-8H2,1H3.